The van der Waals surface area contributed by atoms with E-state index in [-0.39, 0.29) is 17.6 Å². The van der Waals surface area contributed by atoms with E-state index in [1.54, 1.807) is 0 Å². The Morgan fingerprint density at radius 1 is 1.29 bits per heavy atom. The molecule has 2 heteroatoms. The Kier molecular flexibility index (Phi) is 4.59. The second kappa shape index (κ2) is 5.50. The van der Waals surface area contributed by atoms with Gasteiger partial charge in [-0.2, -0.15) is 0 Å². The SMILES string of the molecule is CCC(CC)C(O)C(=O)C1CCCC1. The largest absolute Gasteiger partial charge is 0.385 e. The molecule has 1 saturated carbocycles. The third kappa shape index (κ3) is 2.57. The van der Waals surface area contributed by atoms with Crippen LogP contribution in [-0.2, 0) is 4.79 Å². The van der Waals surface area contributed by atoms with Gasteiger partial charge in [0.15, 0.2) is 5.78 Å². The summed E-state index contributed by atoms with van der Waals surface area (Å²) in [6.07, 6.45) is 5.41. The van der Waals surface area contributed by atoms with Gasteiger partial charge in [0, 0.05) is 5.92 Å². The summed E-state index contributed by atoms with van der Waals surface area (Å²) < 4.78 is 0. The topological polar surface area (TPSA) is 37.3 Å². The van der Waals surface area contributed by atoms with Crippen LogP contribution in [0.4, 0.5) is 0 Å². The first-order valence-electron chi connectivity index (χ1n) is 5.92. The average Bonchev–Trinajstić information content (AvgIpc) is 2.71. The molecule has 0 aromatic carbocycles. The van der Waals surface area contributed by atoms with Gasteiger partial charge in [-0.05, 0) is 18.8 Å². The molecule has 1 aliphatic carbocycles. The molecule has 0 aliphatic heterocycles. The van der Waals surface area contributed by atoms with Gasteiger partial charge in [-0.1, -0.05) is 39.5 Å². The standard InChI is InChI=1S/C12H22O2/c1-3-9(4-2)11(13)12(14)10-7-5-6-8-10/h9-11,13H,3-8H2,1-2H3. The van der Waals surface area contributed by atoms with Gasteiger partial charge in [-0.25, -0.2) is 0 Å². The Labute approximate surface area is 86.7 Å². The maximum absolute atomic E-state index is 11.9. The van der Waals surface area contributed by atoms with Gasteiger partial charge in [-0.3, -0.25) is 4.79 Å². The average molecular weight is 198 g/mol. The van der Waals surface area contributed by atoms with Gasteiger partial charge >= 0.3 is 0 Å². The summed E-state index contributed by atoms with van der Waals surface area (Å²) in [5.74, 6) is 0.435. The Hall–Kier alpha value is -0.370. The lowest BCUT2D eigenvalue weighted by atomic mass is 9.87. The molecule has 14 heavy (non-hydrogen) atoms. The van der Waals surface area contributed by atoms with Gasteiger partial charge in [-0.15, -0.1) is 0 Å². The molecule has 1 atom stereocenters. The van der Waals surface area contributed by atoms with E-state index < -0.39 is 6.10 Å². The first-order valence-corrected chi connectivity index (χ1v) is 5.92. The molecule has 1 unspecified atom stereocenters. The number of aliphatic hydroxyl groups excluding tert-OH is 1. The van der Waals surface area contributed by atoms with Crippen LogP contribution in [0.15, 0.2) is 0 Å². The number of Topliss-reactive ketones (excluding diaryl/α,β-unsaturated/α-hetero) is 1. The fourth-order valence-electron chi connectivity index (χ4n) is 2.42. The van der Waals surface area contributed by atoms with E-state index in [1.807, 2.05) is 13.8 Å². The van der Waals surface area contributed by atoms with E-state index in [0.717, 1.165) is 38.5 Å². The number of aliphatic hydroxyl groups is 1. The number of carbonyl (C=O) groups is 1. The summed E-state index contributed by atoms with van der Waals surface area (Å²) in [5, 5.41) is 9.89. The van der Waals surface area contributed by atoms with E-state index in [9.17, 15) is 9.90 Å². The van der Waals surface area contributed by atoms with E-state index in [2.05, 4.69) is 0 Å². The molecule has 0 aromatic rings. The van der Waals surface area contributed by atoms with Gasteiger partial charge in [0.05, 0.1) is 0 Å². The predicted octanol–water partition coefficient (Wildman–Crippen LogP) is 2.54. The van der Waals surface area contributed by atoms with Crippen molar-refractivity contribution in [2.24, 2.45) is 11.8 Å². The molecular weight excluding hydrogens is 176 g/mol. The number of hydrogen-bond acceptors (Lipinski definition) is 2. The summed E-state index contributed by atoms with van der Waals surface area (Å²) in [6.45, 7) is 4.08. The van der Waals surface area contributed by atoms with Crippen LogP contribution in [0.25, 0.3) is 0 Å². The summed E-state index contributed by atoms with van der Waals surface area (Å²) >= 11 is 0. The van der Waals surface area contributed by atoms with Crippen molar-refractivity contribution in [3.05, 3.63) is 0 Å². The highest BCUT2D eigenvalue weighted by Gasteiger charge is 2.31. The third-order valence-corrected chi connectivity index (χ3v) is 3.54. The maximum Gasteiger partial charge on any atom is 0.164 e. The van der Waals surface area contributed by atoms with Crippen LogP contribution in [-0.4, -0.2) is 17.0 Å². The number of hydrogen-bond donors (Lipinski definition) is 1. The van der Waals surface area contributed by atoms with E-state index >= 15 is 0 Å². The molecule has 1 N–H and O–H groups in total. The fraction of sp³-hybridized carbons (Fsp3) is 0.917. The van der Waals surface area contributed by atoms with Crippen LogP contribution >= 0.6 is 0 Å². The number of ketones is 1. The van der Waals surface area contributed by atoms with Crippen molar-refractivity contribution in [1.29, 1.82) is 0 Å². The zero-order valence-electron chi connectivity index (χ0n) is 9.33. The van der Waals surface area contributed by atoms with Crippen LogP contribution in [0, 0.1) is 11.8 Å². The zero-order chi connectivity index (χ0) is 10.6. The summed E-state index contributed by atoms with van der Waals surface area (Å²) in [6, 6.07) is 0. The maximum atomic E-state index is 11.9. The predicted molar refractivity (Wildman–Crippen MR) is 57.0 cm³/mol. The summed E-state index contributed by atoms with van der Waals surface area (Å²) in [5.41, 5.74) is 0. The van der Waals surface area contributed by atoms with Crippen molar-refractivity contribution in [2.75, 3.05) is 0 Å². The van der Waals surface area contributed by atoms with E-state index in [1.165, 1.54) is 0 Å². The van der Waals surface area contributed by atoms with Crippen LogP contribution in [0.3, 0.4) is 0 Å². The van der Waals surface area contributed by atoms with E-state index in [0.29, 0.717) is 0 Å². The molecule has 2 nitrogen and oxygen atoms in total. The molecule has 1 aliphatic rings. The second-order valence-corrected chi connectivity index (χ2v) is 4.41. The molecule has 82 valence electrons. The molecule has 0 saturated heterocycles. The fourth-order valence-corrected chi connectivity index (χ4v) is 2.42. The van der Waals surface area contributed by atoms with Crippen LogP contribution in [0.1, 0.15) is 52.4 Å². The van der Waals surface area contributed by atoms with Crippen molar-refractivity contribution < 1.29 is 9.90 Å². The smallest absolute Gasteiger partial charge is 0.164 e. The van der Waals surface area contributed by atoms with Crippen molar-refractivity contribution >= 4 is 5.78 Å². The number of rotatable bonds is 5. The lowest BCUT2D eigenvalue weighted by Gasteiger charge is -2.21. The molecule has 0 amide bonds. The third-order valence-electron chi connectivity index (χ3n) is 3.54. The van der Waals surface area contributed by atoms with Gasteiger partial charge in [0.1, 0.15) is 6.10 Å². The zero-order valence-corrected chi connectivity index (χ0v) is 9.33. The van der Waals surface area contributed by atoms with Gasteiger partial charge in [0.2, 0.25) is 0 Å². The lowest BCUT2D eigenvalue weighted by molar-refractivity contribution is -0.133. The first kappa shape index (κ1) is 11.7. The molecule has 0 bridgehead atoms. The highest BCUT2D eigenvalue weighted by Crippen LogP contribution is 2.28. The van der Waals surface area contributed by atoms with Crippen molar-refractivity contribution in [2.45, 2.75) is 58.5 Å². The second-order valence-electron chi connectivity index (χ2n) is 4.41. The molecule has 0 spiro atoms. The normalized spacial score (nSPS) is 20.3. The minimum absolute atomic E-state index is 0.108. The lowest BCUT2D eigenvalue weighted by Crippen LogP contribution is -2.33. The Bertz CT molecular complexity index is 179. The molecule has 0 radical (unpaired) electrons. The van der Waals surface area contributed by atoms with Crippen LogP contribution in [0.5, 0.6) is 0 Å². The molecule has 0 aromatic heterocycles. The van der Waals surface area contributed by atoms with Gasteiger partial charge < -0.3 is 5.11 Å². The highest BCUT2D eigenvalue weighted by atomic mass is 16.3. The first-order chi connectivity index (χ1) is 6.70. The molecule has 0 heterocycles. The van der Waals surface area contributed by atoms with Gasteiger partial charge in [0.25, 0.3) is 0 Å². The Morgan fingerprint density at radius 2 is 1.79 bits per heavy atom. The number of carbonyl (C=O) groups excluding carboxylic acids is 1. The van der Waals surface area contributed by atoms with Crippen molar-refractivity contribution in [1.82, 2.24) is 0 Å². The minimum atomic E-state index is -0.701. The summed E-state index contributed by atoms with van der Waals surface area (Å²) in [4.78, 5) is 11.9. The molecule has 1 rings (SSSR count). The quantitative estimate of drug-likeness (QED) is 0.737. The Morgan fingerprint density at radius 3 is 2.21 bits per heavy atom. The monoisotopic (exact) mass is 198 g/mol. The van der Waals surface area contributed by atoms with Crippen molar-refractivity contribution in [3.63, 3.8) is 0 Å². The van der Waals surface area contributed by atoms with Crippen molar-refractivity contribution in [3.8, 4) is 0 Å². The molecule has 1 fully saturated rings. The van der Waals surface area contributed by atoms with Crippen LogP contribution in [0.2, 0.25) is 0 Å². The Balaban J connectivity index is 2.49. The van der Waals surface area contributed by atoms with E-state index in [4.69, 9.17) is 0 Å². The summed E-state index contributed by atoms with van der Waals surface area (Å²) in [7, 11) is 0. The molecular formula is C12H22O2. The minimum Gasteiger partial charge on any atom is -0.385 e. The highest BCUT2D eigenvalue weighted by molar-refractivity contribution is 5.85. The van der Waals surface area contributed by atoms with Crippen LogP contribution < -0.4 is 0 Å².